The first kappa shape index (κ1) is 81.3. The predicted molar refractivity (Wildman–Crippen MR) is 405 cm³/mol. The molecule has 1 fully saturated rings. The van der Waals surface area contributed by atoms with Gasteiger partial charge >= 0.3 is 18.2 Å². The van der Waals surface area contributed by atoms with Crippen molar-refractivity contribution in [1.29, 1.82) is 0 Å². The number of hydrogen-bond acceptors (Lipinski definition) is 21. The maximum atomic E-state index is 16.5. The molecule has 1 aliphatic rings. The summed E-state index contributed by atoms with van der Waals surface area (Å²) in [6, 6.07) is 27.1. The van der Waals surface area contributed by atoms with Crippen molar-refractivity contribution in [2.24, 2.45) is 5.73 Å². The van der Waals surface area contributed by atoms with Gasteiger partial charge in [-0.25, -0.2) is 38.7 Å². The predicted octanol–water partition coefficient (Wildman–Crippen LogP) is 9.96. The zero-order valence-electron chi connectivity index (χ0n) is 60.9. The van der Waals surface area contributed by atoms with Gasteiger partial charge in [-0.1, -0.05) is 66.1 Å². The number of terminal acetylenes is 1. The van der Waals surface area contributed by atoms with E-state index in [1.807, 2.05) is 55.5 Å². The van der Waals surface area contributed by atoms with Gasteiger partial charge < -0.3 is 69.5 Å². The number of hydrogen-bond donors (Lipinski definition) is 6. The number of alkyl carbamates (subject to hydrolysis) is 1. The summed E-state index contributed by atoms with van der Waals surface area (Å²) in [7, 11) is 1.06. The lowest BCUT2D eigenvalue weighted by atomic mass is 9.95. The molecular formula is C76H87ClFN12O16S2+. The third-order valence-electron chi connectivity index (χ3n) is 17.5. The Balaban J connectivity index is 1.01. The summed E-state index contributed by atoms with van der Waals surface area (Å²) in [4.78, 5) is 101. The molecule has 1 saturated heterocycles. The van der Waals surface area contributed by atoms with Crippen LogP contribution in [-0.4, -0.2) is 194 Å². The number of carbonyl (C=O) groups excluding carboxylic acids is 6. The van der Waals surface area contributed by atoms with Crippen LogP contribution in [0.25, 0.3) is 43.2 Å². The maximum absolute atomic E-state index is 16.5. The molecule has 9 rings (SSSR count). The SMILES string of the molecule is C#CCOC(=O)N(C)Cc1cc(NC(=O)C(CCCNC(N)=O)NC(=O)CNC(=O)OC(C)(C)C)ccc1COc1cc(-c2sc3ncnc(OC(C=O)Cc4ccccc4OCc4ccnc(-c5ccccc5OC)n4)c3c2-c2ccc(OCCN3CC[N+](C)(CCCS(=O)(=O)O)CC3)c(Cl)c2C)ccc1F. The summed E-state index contributed by atoms with van der Waals surface area (Å²) in [5.74, 6) is 1.62. The molecule has 5 aromatic carbocycles. The van der Waals surface area contributed by atoms with E-state index in [1.54, 1.807) is 76.5 Å². The largest absolute Gasteiger partial charge is 0.496 e. The molecule has 6 amide bonds. The molecule has 28 nitrogen and oxygen atoms in total. The van der Waals surface area contributed by atoms with E-state index in [0.29, 0.717) is 124 Å². The summed E-state index contributed by atoms with van der Waals surface area (Å²) in [5, 5.41) is 10.9. The third kappa shape index (κ3) is 23.1. The van der Waals surface area contributed by atoms with E-state index >= 15 is 4.39 Å². The summed E-state index contributed by atoms with van der Waals surface area (Å²) in [6.45, 7) is 10.1. The third-order valence-corrected chi connectivity index (χ3v) is 19.9. The van der Waals surface area contributed by atoms with E-state index in [2.05, 4.69) is 49.1 Å². The normalized spacial score (nSPS) is 13.4. The van der Waals surface area contributed by atoms with Crippen LogP contribution in [0.4, 0.5) is 24.5 Å². The summed E-state index contributed by atoms with van der Waals surface area (Å²) in [5.41, 5.74) is 9.55. The van der Waals surface area contributed by atoms with Crippen molar-refractivity contribution < 1.29 is 83.8 Å². The van der Waals surface area contributed by atoms with Crippen LogP contribution in [0, 0.1) is 25.1 Å². The van der Waals surface area contributed by atoms with Crippen LogP contribution in [0.2, 0.25) is 5.02 Å². The molecule has 2 unspecified atom stereocenters. The van der Waals surface area contributed by atoms with Gasteiger partial charge in [0.2, 0.25) is 17.7 Å². The minimum atomic E-state index is -4.05. The molecule has 0 saturated carbocycles. The number of para-hydroxylation sites is 2. The fourth-order valence-corrected chi connectivity index (χ4v) is 13.7. The lowest BCUT2D eigenvalue weighted by molar-refractivity contribution is -0.913. The monoisotopic (exact) mass is 1540 g/mol. The Hall–Kier alpha value is -10.8. The number of primary amides is 1. The Labute approximate surface area is 634 Å². The average molecular weight is 1540 g/mol. The van der Waals surface area contributed by atoms with E-state index in [1.165, 1.54) is 41.7 Å². The number of likely N-dealkylation sites (N-methyl/N-ethyl adjacent to an activating group) is 1. The highest BCUT2D eigenvalue weighted by Gasteiger charge is 2.31. The highest BCUT2D eigenvalue weighted by atomic mass is 35.5. The van der Waals surface area contributed by atoms with Crippen molar-refractivity contribution >= 4 is 85.3 Å². The molecule has 0 aliphatic carbocycles. The van der Waals surface area contributed by atoms with Gasteiger partial charge in [0.05, 0.1) is 61.2 Å². The fraction of sp³-hybridized carbons (Fsp3) is 0.368. The zero-order valence-corrected chi connectivity index (χ0v) is 63.2. The molecular weight excluding hydrogens is 1460 g/mol. The number of methoxy groups -OCH3 is 1. The number of fused-ring (bicyclic) bond motifs is 1. The minimum Gasteiger partial charge on any atom is -0.496 e. The number of piperazine rings is 1. The number of aromatic nitrogens is 4. The molecule has 1 aliphatic heterocycles. The van der Waals surface area contributed by atoms with Crippen LogP contribution in [0.5, 0.6) is 28.9 Å². The standard InChI is InChI=1S/C76H86ClFN12O16S2/c1-9-36-102-75(96)88(6)43-52-39-53(86-70(93)59(18-14-28-81-73(79)94)87-64(92)42-82-74(95)106-76(3,4)5)23-21-51(52)45-103-63-41-50(22-25-58(63)78)68-65(56-24-26-62(67(77)48(56)2)101-37-32-89-30-34-90(7,35-31-89)33-15-38-108(97,98)99)66-71(83-47-84-72(66)107-68)105-55(44-91)40-49-16-10-12-19-60(49)104-46-54-27-29-80-69(85-54)57-17-11-13-20-61(57)100-8/h1,10-13,16-17,19-27,29,39,41,44,47,55,59H,14-15,18,28,30-38,40,42-43,45-46H2,2-8H3,(H6-,79,81,82,86,87,92,93,94,95,97,98,99)/p+1. The molecule has 572 valence electrons. The second-order valence-corrected chi connectivity index (χ2v) is 29.7. The van der Waals surface area contributed by atoms with Gasteiger partial charge in [0.1, 0.15) is 66.4 Å². The molecule has 32 heteroatoms. The van der Waals surface area contributed by atoms with Gasteiger partial charge in [0.25, 0.3) is 10.1 Å². The molecule has 0 radical (unpaired) electrons. The molecule has 3 aromatic heterocycles. The van der Waals surface area contributed by atoms with Crippen molar-refractivity contribution in [2.45, 2.75) is 90.9 Å². The Morgan fingerprint density at radius 3 is 2.37 bits per heavy atom. The number of nitrogens with one attached hydrogen (secondary N) is 4. The average Bonchev–Trinajstić information content (AvgIpc) is 1.59. The first-order chi connectivity index (χ1) is 51.6. The number of nitrogens with zero attached hydrogens (tertiary/aromatic N) is 7. The van der Waals surface area contributed by atoms with Crippen LogP contribution >= 0.6 is 22.9 Å². The van der Waals surface area contributed by atoms with Crippen molar-refractivity contribution in [3.05, 3.63) is 154 Å². The van der Waals surface area contributed by atoms with Crippen LogP contribution in [0.15, 0.2) is 116 Å². The number of halogens is 2. The number of amides is 6. The number of carbonyl (C=O) groups is 6. The highest BCUT2D eigenvalue weighted by Crippen LogP contribution is 2.50. The van der Waals surface area contributed by atoms with Crippen molar-refractivity contribution in [1.82, 2.24) is 45.7 Å². The van der Waals surface area contributed by atoms with E-state index in [0.717, 1.165) is 26.2 Å². The molecule has 8 aromatic rings. The number of benzene rings is 5. The Kier molecular flexibility index (Phi) is 28.4. The van der Waals surface area contributed by atoms with Gasteiger partial charge in [0, 0.05) is 74.9 Å². The van der Waals surface area contributed by atoms with Crippen molar-refractivity contribution in [3.63, 3.8) is 0 Å². The molecule has 0 bridgehead atoms. The molecule has 4 heterocycles. The number of urea groups is 1. The second kappa shape index (κ2) is 37.7. The van der Waals surface area contributed by atoms with Gasteiger partial charge in [-0.3, -0.25) is 23.8 Å². The Morgan fingerprint density at radius 1 is 0.889 bits per heavy atom. The zero-order chi connectivity index (χ0) is 77.7. The smallest absolute Gasteiger partial charge is 0.410 e. The molecule has 0 spiro atoms. The molecule has 108 heavy (non-hydrogen) atoms. The Morgan fingerprint density at radius 2 is 1.64 bits per heavy atom. The van der Waals surface area contributed by atoms with Crippen LogP contribution in [-0.2, 0) is 60.2 Å². The lowest BCUT2D eigenvalue weighted by Crippen LogP contribution is -2.58. The van der Waals surface area contributed by atoms with Crippen LogP contribution < -0.4 is 50.7 Å². The number of rotatable bonds is 35. The number of ether oxygens (including phenoxy) is 7. The van der Waals surface area contributed by atoms with E-state index in [9.17, 15) is 41.7 Å². The summed E-state index contributed by atoms with van der Waals surface area (Å²) in [6.07, 6.45) is 6.87. The van der Waals surface area contributed by atoms with Crippen molar-refractivity contribution in [2.75, 3.05) is 97.8 Å². The second-order valence-electron chi connectivity index (χ2n) is 26.7. The van der Waals surface area contributed by atoms with Crippen LogP contribution in [0.1, 0.15) is 68.0 Å². The highest BCUT2D eigenvalue weighted by molar-refractivity contribution is 7.85. The van der Waals surface area contributed by atoms with Gasteiger partial charge in [-0.15, -0.1) is 17.8 Å². The maximum Gasteiger partial charge on any atom is 0.410 e. The molecule has 7 N–H and O–H groups in total. The van der Waals surface area contributed by atoms with Gasteiger partial charge in [-0.2, -0.15) is 8.42 Å². The van der Waals surface area contributed by atoms with E-state index in [-0.39, 0.29) is 81.8 Å². The number of anilines is 1. The topological polar surface area (TPSA) is 354 Å². The number of aldehydes is 1. The number of thiophene rings is 1. The Bertz CT molecular complexity index is 4700. The van der Waals surface area contributed by atoms with Crippen molar-refractivity contribution in [3.8, 4) is 74.2 Å². The lowest BCUT2D eigenvalue weighted by Gasteiger charge is -2.42. The van der Waals surface area contributed by atoms with Gasteiger partial charge in [0.15, 0.2) is 36.4 Å². The first-order valence-corrected chi connectivity index (χ1v) is 37.4. The first-order valence-electron chi connectivity index (χ1n) is 34.5. The fourth-order valence-electron chi connectivity index (χ4n) is 11.9. The summed E-state index contributed by atoms with van der Waals surface area (Å²) >= 11 is 8.57. The van der Waals surface area contributed by atoms with Gasteiger partial charge in [-0.05, 0) is 129 Å². The number of nitrogens with two attached hydrogens (primary N) is 1. The van der Waals surface area contributed by atoms with E-state index in [4.69, 9.17) is 66.9 Å². The summed E-state index contributed by atoms with van der Waals surface area (Å²) < 4.78 is 91.1. The quantitative estimate of drug-likeness (QED) is 0.00707. The number of quaternary nitrogens is 1. The minimum absolute atomic E-state index is 0.0167. The molecule has 2 atom stereocenters. The van der Waals surface area contributed by atoms with E-state index < -0.39 is 70.3 Å². The van der Waals surface area contributed by atoms with Crippen LogP contribution in [0.3, 0.4) is 0 Å².